The zero-order chi connectivity index (χ0) is 22.4. The van der Waals surface area contributed by atoms with Gasteiger partial charge in [-0.15, -0.1) is 0 Å². The molecule has 8 nitrogen and oxygen atoms in total. The van der Waals surface area contributed by atoms with Crippen molar-refractivity contribution in [2.24, 2.45) is 0 Å². The first-order chi connectivity index (χ1) is 16.0. The van der Waals surface area contributed by atoms with Crippen LogP contribution in [-0.2, 0) is 4.79 Å². The largest absolute Gasteiger partial charge is 0.478 e. The molecule has 1 aromatic heterocycles. The summed E-state index contributed by atoms with van der Waals surface area (Å²) in [6.07, 6.45) is 5.12. The van der Waals surface area contributed by atoms with Gasteiger partial charge in [0.2, 0.25) is 0 Å². The average molecular weight is 438 g/mol. The molecular formula is C25H18N4O4. The molecule has 0 saturated carbocycles. The van der Waals surface area contributed by atoms with Crippen molar-refractivity contribution in [1.29, 1.82) is 0 Å². The molecule has 4 N–H and O–H groups in total. The number of fused-ring (bicyclic) bond motifs is 10. The molecule has 0 spiro atoms. The molecule has 0 saturated heterocycles. The molecular weight excluding hydrogens is 420 g/mol. The fourth-order valence-corrected chi connectivity index (χ4v) is 5.77. The number of carboxylic acids is 1. The topological polar surface area (TPSA) is 124 Å². The maximum Gasteiger partial charge on any atom is 0.337 e. The lowest BCUT2D eigenvalue weighted by atomic mass is 9.82. The van der Waals surface area contributed by atoms with Crippen molar-refractivity contribution < 1.29 is 19.8 Å². The summed E-state index contributed by atoms with van der Waals surface area (Å²) in [6.45, 7) is 0. The summed E-state index contributed by atoms with van der Waals surface area (Å²) in [5.74, 6) is -1.54. The van der Waals surface area contributed by atoms with E-state index in [1.807, 2.05) is 18.2 Å². The first-order valence-electron chi connectivity index (χ1n) is 10.8. The van der Waals surface area contributed by atoms with E-state index in [0.29, 0.717) is 28.5 Å². The van der Waals surface area contributed by atoms with Crippen LogP contribution in [0.2, 0.25) is 0 Å². The molecule has 0 amide bonds. The van der Waals surface area contributed by atoms with E-state index in [1.54, 1.807) is 24.3 Å². The quantitative estimate of drug-likeness (QED) is 0.427. The minimum absolute atomic E-state index is 0.0218. The monoisotopic (exact) mass is 438 g/mol. The number of hydrogen-bond acceptors (Lipinski definition) is 7. The number of nitrogens with one attached hydrogen (secondary N) is 2. The first kappa shape index (κ1) is 18.5. The predicted octanol–water partition coefficient (Wildman–Crippen LogP) is 2.22. The molecule has 0 fully saturated rings. The van der Waals surface area contributed by atoms with Gasteiger partial charge in [-0.3, -0.25) is 4.79 Å². The van der Waals surface area contributed by atoms with E-state index < -0.39 is 18.1 Å². The Balaban J connectivity index is 1.41. The maximum absolute atomic E-state index is 12.4. The zero-order valence-electron chi connectivity index (χ0n) is 17.2. The van der Waals surface area contributed by atoms with Crippen LogP contribution in [0.1, 0.15) is 39.7 Å². The number of aliphatic hydroxyl groups is 1. The molecule has 4 aliphatic rings. The van der Waals surface area contributed by atoms with E-state index in [1.165, 1.54) is 6.07 Å². The van der Waals surface area contributed by atoms with Gasteiger partial charge in [-0.2, -0.15) is 0 Å². The van der Waals surface area contributed by atoms with E-state index in [2.05, 4.69) is 15.6 Å². The van der Waals surface area contributed by atoms with Crippen LogP contribution in [-0.4, -0.2) is 44.1 Å². The zero-order valence-corrected chi connectivity index (χ0v) is 17.2. The summed E-state index contributed by atoms with van der Waals surface area (Å²) in [6, 6.07) is 8.25. The summed E-state index contributed by atoms with van der Waals surface area (Å²) < 4.78 is 0. The Morgan fingerprint density at radius 3 is 2.76 bits per heavy atom. The van der Waals surface area contributed by atoms with Crippen molar-refractivity contribution in [3.63, 3.8) is 0 Å². The summed E-state index contributed by atoms with van der Waals surface area (Å²) in [4.78, 5) is 33.5. The van der Waals surface area contributed by atoms with Crippen LogP contribution in [0.4, 0.5) is 0 Å². The molecule has 2 heterocycles. The van der Waals surface area contributed by atoms with Gasteiger partial charge in [-0.1, -0.05) is 18.2 Å². The molecule has 4 unspecified atom stereocenters. The van der Waals surface area contributed by atoms with Gasteiger partial charge in [-0.05, 0) is 47.9 Å². The number of ketones is 1. The van der Waals surface area contributed by atoms with Crippen molar-refractivity contribution in [1.82, 2.24) is 20.6 Å². The normalized spacial score (nSPS) is 26.9. The maximum atomic E-state index is 12.4. The van der Waals surface area contributed by atoms with Gasteiger partial charge in [-0.25, -0.2) is 14.8 Å². The number of aromatic carboxylic acids is 1. The Hall–Kier alpha value is -4.04. The fraction of sp³-hybridized carbons (Fsp3) is 0.200. The number of aliphatic hydroxyl groups excluding tert-OH is 1. The van der Waals surface area contributed by atoms with Gasteiger partial charge in [0.25, 0.3) is 0 Å². The highest BCUT2D eigenvalue weighted by Crippen LogP contribution is 2.54. The van der Waals surface area contributed by atoms with E-state index in [4.69, 9.17) is 4.98 Å². The molecule has 33 heavy (non-hydrogen) atoms. The minimum Gasteiger partial charge on any atom is -0.478 e. The molecule has 0 radical (unpaired) electrons. The highest BCUT2D eigenvalue weighted by molar-refractivity contribution is 6.03. The molecule has 8 heteroatoms. The Morgan fingerprint density at radius 1 is 1.09 bits per heavy atom. The summed E-state index contributed by atoms with van der Waals surface area (Å²) in [5.41, 5.74) is 6.81. The van der Waals surface area contributed by atoms with Crippen LogP contribution >= 0.6 is 0 Å². The Morgan fingerprint density at radius 2 is 1.91 bits per heavy atom. The number of aromatic nitrogens is 2. The number of carboxylic acid groups (broad SMARTS) is 1. The third kappa shape index (κ3) is 2.38. The van der Waals surface area contributed by atoms with E-state index in [9.17, 15) is 19.8 Å². The third-order valence-electron chi connectivity index (χ3n) is 7.19. The second-order valence-electron chi connectivity index (χ2n) is 8.90. The molecule has 3 aromatic rings. The van der Waals surface area contributed by atoms with Gasteiger partial charge in [0, 0.05) is 23.0 Å². The smallest absolute Gasteiger partial charge is 0.337 e. The minimum atomic E-state index is -1.05. The molecule has 7 rings (SSSR count). The van der Waals surface area contributed by atoms with Crippen LogP contribution in [0.5, 0.6) is 0 Å². The molecule has 1 aliphatic heterocycles. The molecule has 2 aromatic carbocycles. The van der Waals surface area contributed by atoms with E-state index in [-0.39, 0.29) is 23.2 Å². The van der Waals surface area contributed by atoms with E-state index >= 15 is 0 Å². The van der Waals surface area contributed by atoms with Crippen molar-refractivity contribution in [3.05, 3.63) is 82.3 Å². The van der Waals surface area contributed by atoms with Crippen LogP contribution in [0, 0.1) is 0 Å². The lowest BCUT2D eigenvalue weighted by Gasteiger charge is -2.40. The highest BCUT2D eigenvalue weighted by Gasteiger charge is 2.50. The second-order valence-corrected chi connectivity index (χ2v) is 8.90. The first-order valence-corrected chi connectivity index (χ1v) is 10.8. The second kappa shape index (κ2) is 6.26. The lowest BCUT2D eigenvalue weighted by molar-refractivity contribution is -0.115. The van der Waals surface area contributed by atoms with Gasteiger partial charge >= 0.3 is 5.97 Å². The van der Waals surface area contributed by atoms with Gasteiger partial charge < -0.3 is 20.8 Å². The lowest BCUT2D eigenvalue weighted by Crippen LogP contribution is -2.51. The summed E-state index contributed by atoms with van der Waals surface area (Å²) in [7, 11) is 0. The molecule has 4 atom stereocenters. The van der Waals surface area contributed by atoms with Crippen LogP contribution in [0.25, 0.3) is 22.1 Å². The number of hydrogen-bond donors (Lipinski definition) is 4. The van der Waals surface area contributed by atoms with Crippen molar-refractivity contribution in [2.75, 3.05) is 0 Å². The van der Waals surface area contributed by atoms with Crippen LogP contribution < -0.4 is 10.6 Å². The highest BCUT2D eigenvalue weighted by atomic mass is 16.4. The number of nitrogens with zero attached hydrogens (tertiary/aromatic N) is 2. The molecule has 3 aliphatic carbocycles. The number of benzene rings is 2. The van der Waals surface area contributed by atoms with Crippen molar-refractivity contribution in [3.8, 4) is 0 Å². The van der Waals surface area contributed by atoms with Gasteiger partial charge in [0.15, 0.2) is 5.78 Å². The number of allylic oxidation sites excluding steroid dienone is 3. The van der Waals surface area contributed by atoms with Gasteiger partial charge in [0.05, 0.1) is 34.1 Å². The summed E-state index contributed by atoms with van der Waals surface area (Å²) in [5, 5.41) is 27.6. The number of rotatable bonds is 1. The van der Waals surface area contributed by atoms with Crippen LogP contribution in [0.15, 0.2) is 65.7 Å². The number of carbonyl (C=O) groups is 2. The Labute approximate surface area is 187 Å². The number of para-hydroxylation sites is 1. The Kier molecular flexibility index (Phi) is 3.52. The molecule has 162 valence electrons. The SMILES string of the molecule is O=C(O)c1cccc2nc3c4c(ccc3nc12)C1C2=C(CC4C1O)NC1=CC=CC(=O)C1N2. The molecule has 2 bridgehead atoms. The standard InChI is InChI=1S/C25H18N4O4/c30-17-6-2-5-14-21(17)29-23-16(26-14)9-12-18-10(19(23)24(12)31)7-8-15-22(18)28-13-4-1-3-11(25(32)33)20(13)27-15/h1-8,12,19,21,24,26,29,31H,9H2,(H,32,33). The number of carbonyl (C=O) groups excluding carboxylic acids is 1. The van der Waals surface area contributed by atoms with E-state index in [0.717, 1.165) is 28.2 Å². The van der Waals surface area contributed by atoms with Crippen LogP contribution in [0.3, 0.4) is 0 Å². The third-order valence-corrected chi connectivity index (χ3v) is 7.19. The average Bonchev–Trinajstić information content (AvgIpc) is 2.99. The predicted molar refractivity (Wildman–Crippen MR) is 119 cm³/mol. The van der Waals surface area contributed by atoms with Crippen molar-refractivity contribution in [2.45, 2.75) is 30.4 Å². The fourth-order valence-electron chi connectivity index (χ4n) is 5.77. The summed E-state index contributed by atoms with van der Waals surface area (Å²) >= 11 is 0. The van der Waals surface area contributed by atoms with Crippen molar-refractivity contribution >= 4 is 33.8 Å². The van der Waals surface area contributed by atoms with Gasteiger partial charge in [0.1, 0.15) is 11.6 Å². The Bertz CT molecular complexity index is 1540.